The van der Waals surface area contributed by atoms with Crippen LogP contribution < -0.4 is 0 Å². The highest BCUT2D eigenvalue weighted by molar-refractivity contribution is 6.19. The van der Waals surface area contributed by atoms with Gasteiger partial charge in [0, 0.05) is 6.42 Å². The van der Waals surface area contributed by atoms with Crippen LogP contribution in [0.3, 0.4) is 0 Å². The lowest BCUT2D eigenvalue weighted by Crippen LogP contribution is -2.20. The van der Waals surface area contributed by atoms with Crippen molar-refractivity contribution >= 4 is 11.8 Å². The third kappa shape index (κ3) is 10.3. The van der Waals surface area contributed by atoms with Gasteiger partial charge in [0.15, 0.2) is 17.6 Å². The summed E-state index contributed by atoms with van der Waals surface area (Å²) in [5.74, 6) is -0.698. The van der Waals surface area contributed by atoms with E-state index in [0.717, 1.165) is 19.3 Å². The first-order valence-corrected chi connectivity index (χ1v) is 11.8. The van der Waals surface area contributed by atoms with Gasteiger partial charge in [-0.25, -0.2) is 4.79 Å². The summed E-state index contributed by atoms with van der Waals surface area (Å²) >= 11 is 0. The summed E-state index contributed by atoms with van der Waals surface area (Å²) < 4.78 is 10.7. The number of carbonyl (C=O) groups excluding carboxylic acids is 2. The Bertz CT molecular complexity index is 509. The minimum Gasteiger partial charge on any atom is -0.490 e. The van der Waals surface area contributed by atoms with Crippen molar-refractivity contribution in [2.75, 3.05) is 6.61 Å². The molecular weight excluding hydrogens is 368 g/mol. The monoisotopic (exact) mass is 410 g/mol. The maximum atomic E-state index is 12.5. The Balaban J connectivity index is 2.16. The van der Waals surface area contributed by atoms with Gasteiger partial charge in [-0.3, -0.25) is 4.79 Å². The number of rotatable bonds is 18. The fourth-order valence-electron chi connectivity index (χ4n) is 3.69. The lowest BCUT2D eigenvalue weighted by atomic mass is 10.0. The van der Waals surface area contributed by atoms with E-state index in [4.69, 9.17) is 9.47 Å². The number of Topliss-reactive ketones (excluding diaryl/α,β-unsaturated/α-hetero) is 1. The van der Waals surface area contributed by atoms with Crippen LogP contribution in [0.15, 0.2) is 11.3 Å². The molecule has 0 aromatic heterocycles. The molecule has 1 heterocycles. The van der Waals surface area contributed by atoms with Crippen LogP contribution in [0.1, 0.15) is 111 Å². The topological polar surface area (TPSA) is 72.8 Å². The number of ketones is 1. The van der Waals surface area contributed by atoms with Crippen LogP contribution in [0, 0.1) is 0 Å². The third-order valence-corrected chi connectivity index (χ3v) is 5.31. The number of aliphatic hydroxyl groups is 1. The molecule has 1 N–H and O–H groups in total. The van der Waals surface area contributed by atoms with Gasteiger partial charge in [0.1, 0.15) is 5.57 Å². The molecule has 1 aliphatic rings. The molecule has 0 saturated heterocycles. The standard InChI is InChI=1S/C24H42O5/c1-4-5-6-7-8-9-10-11-12-13-14-15-16-17-20(26)22-23(28-19(2)3)21(18-25)29-24(22)27/h19,21,25H,4-18H2,1-3H3/t21-/m1/s1. The summed E-state index contributed by atoms with van der Waals surface area (Å²) in [7, 11) is 0. The smallest absolute Gasteiger partial charge is 0.346 e. The van der Waals surface area contributed by atoms with E-state index in [1.165, 1.54) is 64.2 Å². The van der Waals surface area contributed by atoms with Crippen LogP contribution in [0.25, 0.3) is 0 Å². The molecule has 0 aromatic rings. The van der Waals surface area contributed by atoms with Gasteiger partial charge in [0.25, 0.3) is 0 Å². The minimum atomic E-state index is -0.851. The molecular formula is C24H42O5. The van der Waals surface area contributed by atoms with Crippen molar-refractivity contribution in [1.29, 1.82) is 0 Å². The first-order valence-electron chi connectivity index (χ1n) is 11.8. The average molecular weight is 411 g/mol. The molecule has 0 amide bonds. The van der Waals surface area contributed by atoms with Gasteiger partial charge in [0.2, 0.25) is 0 Å². The summed E-state index contributed by atoms with van der Waals surface area (Å²) in [5.41, 5.74) is -0.00307. The molecule has 1 atom stereocenters. The Morgan fingerprint density at radius 3 is 1.86 bits per heavy atom. The highest BCUT2D eigenvalue weighted by atomic mass is 16.6. The van der Waals surface area contributed by atoms with Gasteiger partial charge in [-0.05, 0) is 20.3 Å². The van der Waals surface area contributed by atoms with E-state index in [2.05, 4.69) is 6.92 Å². The molecule has 0 saturated carbocycles. The Morgan fingerprint density at radius 2 is 1.41 bits per heavy atom. The number of esters is 1. The number of unbranched alkanes of at least 4 members (excludes halogenated alkanes) is 12. The van der Waals surface area contributed by atoms with Gasteiger partial charge in [-0.2, -0.15) is 0 Å². The molecule has 0 radical (unpaired) electrons. The molecule has 5 nitrogen and oxygen atoms in total. The zero-order valence-corrected chi connectivity index (χ0v) is 18.8. The van der Waals surface area contributed by atoms with E-state index in [0.29, 0.717) is 6.42 Å². The van der Waals surface area contributed by atoms with Crippen molar-refractivity contribution in [2.24, 2.45) is 0 Å². The molecule has 1 aliphatic heterocycles. The number of hydrogen-bond donors (Lipinski definition) is 1. The van der Waals surface area contributed by atoms with Crippen LogP contribution in [0.4, 0.5) is 0 Å². The summed E-state index contributed by atoms with van der Waals surface area (Å²) in [4.78, 5) is 24.5. The average Bonchev–Trinajstić information content (AvgIpc) is 2.99. The summed E-state index contributed by atoms with van der Waals surface area (Å²) in [6.07, 6.45) is 15.5. The molecule has 168 valence electrons. The summed E-state index contributed by atoms with van der Waals surface area (Å²) in [6, 6.07) is 0. The quantitative estimate of drug-likeness (QED) is 0.180. The fraction of sp³-hybridized carbons (Fsp3) is 0.833. The Labute approximate surface area is 177 Å². The largest absolute Gasteiger partial charge is 0.490 e. The van der Waals surface area contributed by atoms with Gasteiger partial charge >= 0.3 is 5.97 Å². The molecule has 5 heteroatoms. The number of carbonyl (C=O) groups is 2. The van der Waals surface area contributed by atoms with E-state index in [9.17, 15) is 14.7 Å². The number of ether oxygens (including phenoxy) is 2. The number of cyclic esters (lactones) is 1. The van der Waals surface area contributed by atoms with E-state index >= 15 is 0 Å². The second kappa shape index (κ2) is 15.5. The molecule has 0 spiro atoms. The van der Waals surface area contributed by atoms with E-state index in [1.807, 2.05) is 13.8 Å². The van der Waals surface area contributed by atoms with E-state index < -0.39 is 12.1 Å². The Morgan fingerprint density at radius 1 is 0.931 bits per heavy atom. The molecule has 0 aromatic carbocycles. The second-order valence-corrected chi connectivity index (χ2v) is 8.40. The zero-order valence-electron chi connectivity index (χ0n) is 18.8. The Kier molecular flexibility index (Phi) is 13.7. The van der Waals surface area contributed by atoms with Crippen LogP contribution >= 0.6 is 0 Å². The maximum Gasteiger partial charge on any atom is 0.346 e. The highest BCUT2D eigenvalue weighted by Crippen LogP contribution is 2.27. The van der Waals surface area contributed by atoms with Crippen LogP contribution in [-0.4, -0.2) is 35.7 Å². The molecule has 1 rings (SSSR count). The van der Waals surface area contributed by atoms with Crippen molar-refractivity contribution < 1.29 is 24.2 Å². The third-order valence-electron chi connectivity index (χ3n) is 5.31. The predicted molar refractivity (Wildman–Crippen MR) is 116 cm³/mol. The summed E-state index contributed by atoms with van der Waals surface area (Å²) in [5, 5.41) is 9.36. The van der Waals surface area contributed by atoms with Gasteiger partial charge in [-0.1, -0.05) is 84.0 Å². The van der Waals surface area contributed by atoms with Gasteiger partial charge in [0.05, 0.1) is 12.7 Å². The highest BCUT2D eigenvalue weighted by Gasteiger charge is 2.39. The lowest BCUT2D eigenvalue weighted by Gasteiger charge is -2.15. The number of hydrogen-bond acceptors (Lipinski definition) is 5. The van der Waals surface area contributed by atoms with Crippen molar-refractivity contribution in [3.05, 3.63) is 11.3 Å². The molecule has 0 aliphatic carbocycles. The van der Waals surface area contributed by atoms with Gasteiger partial charge in [-0.15, -0.1) is 0 Å². The SMILES string of the molecule is CCCCCCCCCCCCCCCC(=O)C1=C(OC(C)C)[C@@H](CO)OC1=O. The second-order valence-electron chi connectivity index (χ2n) is 8.40. The lowest BCUT2D eigenvalue weighted by molar-refractivity contribution is -0.142. The molecule has 0 bridgehead atoms. The predicted octanol–water partition coefficient (Wildman–Crippen LogP) is 5.63. The minimum absolute atomic E-state index is 0.00307. The first kappa shape index (κ1) is 25.7. The number of aliphatic hydroxyl groups excluding tert-OH is 1. The molecule has 29 heavy (non-hydrogen) atoms. The normalized spacial score (nSPS) is 16.6. The summed E-state index contributed by atoms with van der Waals surface area (Å²) in [6.45, 7) is 5.52. The van der Waals surface area contributed by atoms with Gasteiger partial charge < -0.3 is 14.6 Å². The fourth-order valence-corrected chi connectivity index (χ4v) is 3.69. The van der Waals surface area contributed by atoms with E-state index in [-0.39, 0.29) is 29.8 Å². The van der Waals surface area contributed by atoms with Crippen molar-refractivity contribution in [2.45, 2.75) is 123 Å². The maximum absolute atomic E-state index is 12.5. The zero-order chi connectivity index (χ0) is 21.5. The van der Waals surface area contributed by atoms with Crippen molar-refractivity contribution in [1.82, 2.24) is 0 Å². The molecule has 0 fully saturated rings. The van der Waals surface area contributed by atoms with E-state index in [1.54, 1.807) is 0 Å². The van der Waals surface area contributed by atoms with Crippen LogP contribution in [0.5, 0.6) is 0 Å². The van der Waals surface area contributed by atoms with Crippen molar-refractivity contribution in [3.8, 4) is 0 Å². The van der Waals surface area contributed by atoms with Crippen molar-refractivity contribution in [3.63, 3.8) is 0 Å². The van der Waals surface area contributed by atoms with Crippen LogP contribution in [-0.2, 0) is 19.1 Å². The Hall–Kier alpha value is -1.36. The molecule has 0 unspecified atom stereocenters. The first-order chi connectivity index (χ1) is 14.0. The van der Waals surface area contributed by atoms with Crippen LogP contribution in [0.2, 0.25) is 0 Å².